The molecule has 1 nitrogen and oxygen atoms in total. The number of halogens is 2. The van der Waals surface area contributed by atoms with E-state index in [9.17, 15) is 13.6 Å². The SMILES string of the molecule is CC1CCC(=Cc2ccc(F)cc2)C(=O)C1=Cc1ccc(F)cc1. The van der Waals surface area contributed by atoms with E-state index in [1.165, 1.54) is 24.3 Å². The van der Waals surface area contributed by atoms with E-state index in [1.54, 1.807) is 24.3 Å². The van der Waals surface area contributed by atoms with Crippen molar-refractivity contribution >= 4 is 17.9 Å². The van der Waals surface area contributed by atoms with E-state index >= 15 is 0 Å². The first-order valence-corrected chi connectivity index (χ1v) is 8.01. The lowest BCUT2D eigenvalue weighted by molar-refractivity contribution is -0.113. The predicted octanol–water partition coefficient (Wildman–Crippen LogP) is 5.43. The molecule has 3 rings (SSSR count). The van der Waals surface area contributed by atoms with Gasteiger partial charge in [-0.2, -0.15) is 0 Å². The summed E-state index contributed by atoms with van der Waals surface area (Å²) in [6.45, 7) is 2.03. The molecule has 1 saturated carbocycles. The number of carbonyl (C=O) groups excluding carboxylic acids is 1. The highest BCUT2D eigenvalue weighted by Crippen LogP contribution is 2.32. The summed E-state index contributed by atoms with van der Waals surface area (Å²) in [5, 5.41) is 0. The van der Waals surface area contributed by atoms with Crippen molar-refractivity contribution in [3.05, 3.63) is 82.4 Å². The molecular weight excluding hydrogens is 306 g/mol. The van der Waals surface area contributed by atoms with Crippen LogP contribution in [0.1, 0.15) is 30.9 Å². The molecule has 0 radical (unpaired) electrons. The Morgan fingerprint density at radius 2 is 1.38 bits per heavy atom. The number of Topliss-reactive ketones (excluding diaryl/α,β-unsaturated/α-hetero) is 1. The van der Waals surface area contributed by atoms with Gasteiger partial charge in [0.2, 0.25) is 0 Å². The molecule has 0 heterocycles. The summed E-state index contributed by atoms with van der Waals surface area (Å²) >= 11 is 0. The Hall–Kier alpha value is -2.55. The van der Waals surface area contributed by atoms with Gasteiger partial charge < -0.3 is 0 Å². The Morgan fingerprint density at radius 1 is 0.875 bits per heavy atom. The van der Waals surface area contributed by atoms with Crippen molar-refractivity contribution in [3.63, 3.8) is 0 Å². The molecule has 24 heavy (non-hydrogen) atoms. The number of benzene rings is 2. The second kappa shape index (κ2) is 6.91. The van der Waals surface area contributed by atoms with E-state index in [-0.39, 0.29) is 23.3 Å². The van der Waals surface area contributed by atoms with Crippen LogP contribution in [0.3, 0.4) is 0 Å². The minimum Gasteiger partial charge on any atom is -0.289 e. The fraction of sp³-hybridized carbons (Fsp3) is 0.190. The van der Waals surface area contributed by atoms with Crippen LogP contribution in [0.2, 0.25) is 0 Å². The summed E-state index contributed by atoms with van der Waals surface area (Å²) in [6, 6.07) is 12.2. The molecule has 1 aliphatic carbocycles. The third-order valence-corrected chi connectivity index (χ3v) is 4.33. The molecule has 0 aromatic heterocycles. The highest BCUT2D eigenvalue weighted by atomic mass is 19.1. The predicted molar refractivity (Wildman–Crippen MR) is 92.2 cm³/mol. The molecule has 0 amide bonds. The maximum atomic E-state index is 13.0. The fourth-order valence-electron chi connectivity index (χ4n) is 2.89. The second-order valence-corrected chi connectivity index (χ2v) is 6.14. The molecule has 2 aromatic rings. The molecule has 0 spiro atoms. The minimum atomic E-state index is -0.294. The average Bonchev–Trinajstić information content (AvgIpc) is 2.58. The quantitative estimate of drug-likeness (QED) is 0.673. The van der Waals surface area contributed by atoms with Crippen molar-refractivity contribution in [3.8, 4) is 0 Å². The van der Waals surface area contributed by atoms with Crippen molar-refractivity contribution < 1.29 is 13.6 Å². The Bertz CT molecular complexity index is 799. The van der Waals surface area contributed by atoms with Crippen molar-refractivity contribution in [2.75, 3.05) is 0 Å². The van der Waals surface area contributed by atoms with Crippen LogP contribution >= 0.6 is 0 Å². The van der Waals surface area contributed by atoms with Gasteiger partial charge >= 0.3 is 0 Å². The second-order valence-electron chi connectivity index (χ2n) is 6.14. The summed E-state index contributed by atoms with van der Waals surface area (Å²) in [6.07, 6.45) is 5.25. The molecule has 1 unspecified atom stereocenters. The Balaban J connectivity index is 1.91. The largest absolute Gasteiger partial charge is 0.289 e. The summed E-state index contributed by atoms with van der Waals surface area (Å²) < 4.78 is 26.0. The molecule has 0 saturated heterocycles. The van der Waals surface area contributed by atoms with Crippen LogP contribution in [0, 0.1) is 17.6 Å². The van der Waals surface area contributed by atoms with E-state index in [1.807, 2.05) is 19.1 Å². The number of hydrogen-bond donors (Lipinski definition) is 0. The molecule has 1 aliphatic rings. The van der Waals surface area contributed by atoms with Gasteiger partial charge in [0, 0.05) is 11.1 Å². The molecule has 1 atom stereocenters. The van der Waals surface area contributed by atoms with E-state index in [2.05, 4.69) is 0 Å². The monoisotopic (exact) mass is 324 g/mol. The summed E-state index contributed by atoms with van der Waals surface area (Å²) in [5.74, 6) is -0.412. The van der Waals surface area contributed by atoms with Crippen LogP contribution < -0.4 is 0 Å². The number of ketones is 1. The molecule has 1 fully saturated rings. The van der Waals surface area contributed by atoms with Crippen molar-refractivity contribution in [1.82, 2.24) is 0 Å². The van der Waals surface area contributed by atoms with Gasteiger partial charge in [-0.3, -0.25) is 4.79 Å². The van der Waals surface area contributed by atoms with Crippen molar-refractivity contribution in [2.45, 2.75) is 19.8 Å². The molecule has 122 valence electrons. The Labute approximate surface area is 140 Å². The summed E-state index contributed by atoms with van der Waals surface area (Å²) in [7, 11) is 0. The topological polar surface area (TPSA) is 17.1 Å². The minimum absolute atomic E-state index is 0.0161. The number of rotatable bonds is 2. The van der Waals surface area contributed by atoms with Crippen LogP contribution in [0.5, 0.6) is 0 Å². The van der Waals surface area contributed by atoms with Crippen LogP contribution in [0.4, 0.5) is 8.78 Å². The first kappa shape index (κ1) is 16.3. The highest BCUT2D eigenvalue weighted by Gasteiger charge is 2.26. The Kier molecular flexibility index (Phi) is 4.70. The third kappa shape index (κ3) is 3.67. The summed E-state index contributed by atoms with van der Waals surface area (Å²) in [4.78, 5) is 12.8. The highest BCUT2D eigenvalue weighted by molar-refractivity contribution is 6.14. The van der Waals surface area contributed by atoms with Gasteiger partial charge in [0.15, 0.2) is 5.78 Å². The first-order valence-electron chi connectivity index (χ1n) is 8.01. The van der Waals surface area contributed by atoms with E-state index in [0.29, 0.717) is 6.42 Å². The van der Waals surface area contributed by atoms with Crippen molar-refractivity contribution in [2.24, 2.45) is 5.92 Å². The molecular formula is C21H18F2O. The maximum Gasteiger partial charge on any atom is 0.185 e. The zero-order valence-corrected chi connectivity index (χ0v) is 13.4. The standard InChI is InChI=1S/C21H18F2O/c1-14-2-7-17(12-15-3-8-18(22)9-4-15)21(24)20(14)13-16-5-10-19(23)11-6-16/h3-6,8-14H,2,7H2,1H3. The number of allylic oxidation sites excluding steroid dienone is 2. The fourth-order valence-corrected chi connectivity index (χ4v) is 2.89. The van der Waals surface area contributed by atoms with Gasteiger partial charge in [-0.15, -0.1) is 0 Å². The van der Waals surface area contributed by atoms with Crippen LogP contribution in [-0.4, -0.2) is 5.78 Å². The Morgan fingerprint density at radius 3 is 1.92 bits per heavy atom. The van der Waals surface area contributed by atoms with E-state index < -0.39 is 0 Å². The van der Waals surface area contributed by atoms with Crippen LogP contribution in [-0.2, 0) is 4.79 Å². The lowest BCUT2D eigenvalue weighted by Gasteiger charge is -2.23. The lowest BCUT2D eigenvalue weighted by Crippen LogP contribution is -2.19. The molecule has 0 bridgehead atoms. The zero-order valence-electron chi connectivity index (χ0n) is 13.4. The van der Waals surface area contributed by atoms with E-state index in [4.69, 9.17) is 0 Å². The molecule has 2 aromatic carbocycles. The number of carbonyl (C=O) groups is 1. The van der Waals surface area contributed by atoms with Crippen molar-refractivity contribution in [1.29, 1.82) is 0 Å². The van der Waals surface area contributed by atoms with Gasteiger partial charge in [0.25, 0.3) is 0 Å². The smallest absolute Gasteiger partial charge is 0.185 e. The van der Waals surface area contributed by atoms with Gasteiger partial charge in [-0.05, 0) is 66.3 Å². The van der Waals surface area contributed by atoms with Gasteiger partial charge in [0.1, 0.15) is 11.6 Å². The molecule has 0 N–H and O–H groups in total. The summed E-state index contributed by atoms with van der Waals surface area (Å²) in [5.41, 5.74) is 3.10. The lowest BCUT2D eigenvalue weighted by atomic mass is 9.80. The molecule has 0 aliphatic heterocycles. The number of hydrogen-bond acceptors (Lipinski definition) is 1. The van der Waals surface area contributed by atoms with Gasteiger partial charge in [-0.1, -0.05) is 31.2 Å². The van der Waals surface area contributed by atoms with Gasteiger partial charge in [0.05, 0.1) is 0 Å². The third-order valence-electron chi connectivity index (χ3n) is 4.33. The van der Waals surface area contributed by atoms with E-state index in [0.717, 1.165) is 28.7 Å². The molecule has 3 heteroatoms. The zero-order chi connectivity index (χ0) is 17.1. The van der Waals surface area contributed by atoms with Crippen LogP contribution in [0.15, 0.2) is 59.7 Å². The van der Waals surface area contributed by atoms with Crippen LogP contribution in [0.25, 0.3) is 12.2 Å². The normalized spacial score (nSPS) is 21.5. The average molecular weight is 324 g/mol. The van der Waals surface area contributed by atoms with Gasteiger partial charge in [-0.25, -0.2) is 8.78 Å². The maximum absolute atomic E-state index is 13.0. The first-order chi connectivity index (χ1) is 11.5.